The van der Waals surface area contributed by atoms with Crippen molar-refractivity contribution in [3.05, 3.63) is 29.8 Å². The minimum absolute atomic E-state index is 0.133. The highest BCUT2D eigenvalue weighted by molar-refractivity contribution is 6.01. The molecule has 0 fully saturated rings. The van der Waals surface area contributed by atoms with Crippen LogP contribution in [0, 0.1) is 0 Å². The normalized spacial score (nSPS) is 18.5. The lowest BCUT2D eigenvalue weighted by Gasteiger charge is -2.26. The van der Waals surface area contributed by atoms with Crippen LogP contribution in [0.2, 0.25) is 0 Å². The molecule has 0 radical (unpaired) electrons. The fourth-order valence-electron chi connectivity index (χ4n) is 2.08. The molecule has 0 saturated heterocycles. The standard InChI is InChI=1S/C14H19N3O2/c1-14(2,15)8-16-13(19)10-7-12(18)17-11-6-4-3-5-9(10)11/h3-6,10H,7-8,15H2,1-2H3,(H,16,19)(H,17,18). The minimum Gasteiger partial charge on any atom is -0.354 e. The van der Waals surface area contributed by atoms with Gasteiger partial charge in [-0.1, -0.05) is 18.2 Å². The lowest BCUT2D eigenvalue weighted by Crippen LogP contribution is -2.47. The number of benzene rings is 1. The molecule has 1 atom stereocenters. The molecule has 1 unspecified atom stereocenters. The van der Waals surface area contributed by atoms with Crippen LogP contribution in [-0.2, 0) is 9.59 Å². The first-order valence-corrected chi connectivity index (χ1v) is 6.32. The number of amides is 2. The third-order valence-electron chi connectivity index (χ3n) is 3.03. The lowest BCUT2D eigenvalue weighted by molar-refractivity contribution is -0.126. The number of nitrogens with two attached hydrogens (primary N) is 1. The molecule has 0 spiro atoms. The topological polar surface area (TPSA) is 84.2 Å². The highest BCUT2D eigenvalue weighted by Crippen LogP contribution is 2.31. The first kappa shape index (κ1) is 13.5. The Bertz CT molecular complexity index is 506. The van der Waals surface area contributed by atoms with E-state index in [1.807, 2.05) is 32.0 Å². The number of hydrogen-bond acceptors (Lipinski definition) is 3. The number of carbonyl (C=O) groups is 2. The van der Waals surface area contributed by atoms with Gasteiger partial charge in [0, 0.05) is 24.2 Å². The van der Waals surface area contributed by atoms with E-state index in [1.54, 1.807) is 6.07 Å². The van der Waals surface area contributed by atoms with Crippen LogP contribution in [0.25, 0.3) is 0 Å². The number of para-hydroxylation sites is 1. The summed E-state index contributed by atoms with van der Waals surface area (Å²) in [7, 11) is 0. The number of nitrogens with one attached hydrogen (secondary N) is 2. The van der Waals surface area contributed by atoms with Gasteiger partial charge in [-0.2, -0.15) is 0 Å². The third kappa shape index (κ3) is 3.32. The van der Waals surface area contributed by atoms with Crippen LogP contribution in [0.4, 0.5) is 5.69 Å². The van der Waals surface area contributed by atoms with Gasteiger partial charge in [0.15, 0.2) is 0 Å². The summed E-state index contributed by atoms with van der Waals surface area (Å²) in [5, 5.41) is 5.58. The fourth-order valence-corrected chi connectivity index (χ4v) is 2.08. The fraction of sp³-hybridized carbons (Fsp3) is 0.429. The van der Waals surface area contributed by atoms with Gasteiger partial charge in [0.1, 0.15) is 0 Å². The molecule has 1 aromatic rings. The van der Waals surface area contributed by atoms with Gasteiger partial charge in [-0.05, 0) is 25.5 Å². The zero-order valence-electron chi connectivity index (χ0n) is 11.2. The van der Waals surface area contributed by atoms with Gasteiger partial charge < -0.3 is 16.4 Å². The Kier molecular flexibility index (Phi) is 3.57. The van der Waals surface area contributed by atoms with Crippen molar-refractivity contribution in [2.75, 3.05) is 11.9 Å². The van der Waals surface area contributed by atoms with Crippen LogP contribution in [-0.4, -0.2) is 23.9 Å². The van der Waals surface area contributed by atoms with Crippen molar-refractivity contribution in [2.24, 2.45) is 5.73 Å². The molecular formula is C14H19N3O2. The van der Waals surface area contributed by atoms with Crippen LogP contribution < -0.4 is 16.4 Å². The second-order valence-corrected chi connectivity index (χ2v) is 5.60. The Morgan fingerprint density at radius 2 is 2.16 bits per heavy atom. The molecule has 102 valence electrons. The summed E-state index contributed by atoms with van der Waals surface area (Å²) < 4.78 is 0. The SMILES string of the molecule is CC(C)(N)CNC(=O)C1CC(=O)Nc2ccccc21. The predicted molar refractivity (Wildman–Crippen MR) is 73.7 cm³/mol. The molecule has 1 aromatic carbocycles. The van der Waals surface area contributed by atoms with Crippen LogP contribution in [0.15, 0.2) is 24.3 Å². The summed E-state index contributed by atoms with van der Waals surface area (Å²) in [6.07, 6.45) is 0.174. The van der Waals surface area contributed by atoms with E-state index < -0.39 is 11.5 Å². The van der Waals surface area contributed by atoms with E-state index in [0.717, 1.165) is 5.56 Å². The summed E-state index contributed by atoms with van der Waals surface area (Å²) >= 11 is 0. The molecule has 2 amide bonds. The average molecular weight is 261 g/mol. The zero-order valence-corrected chi connectivity index (χ0v) is 11.2. The number of carbonyl (C=O) groups excluding carboxylic acids is 2. The lowest BCUT2D eigenvalue weighted by atomic mass is 9.89. The van der Waals surface area contributed by atoms with E-state index in [0.29, 0.717) is 12.2 Å². The van der Waals surface area contributed by atoms with Gasteiger partial charge in [0.05, 0.1) is 5.92 Å². The van der Waals surface area contributed by atoms with Crippen molar-refractivity contribution in [3.63, 3.8) is 0 Å². The number of fused-ring (bicyclic) bond motifs is 1. The van der Waals surface area contributed by atoms with E-state index in [9.17, 15) is 9.59 Å². The smallest absolute Gasteiger partial charge is 0.228 e. The van der Waals surface area contributed by atoms with E-state index in [1.165, 1.54) is 0 Å². The van der Waals surface area contributed by atoms with Gasteiger partial charge in [0.2, 0.25) is 11.8 Å². The van der Waals surface area contributed by atoms with E-state index in [-0.39, 0.29) is 18.2 Å². The van der Waals surface area contributed by atoms with Crippen LogP contribution >= 0.6 is 0 Å². The maximum Gasteiger partial charge on any atom is 0.228 e. The zero-order chi connectivity index (χ0) is 14.0. The minimum atomic E-state index is -0.466. The van der Waals surface area contributed by atoms with Gasteiger partial charge >= 0.3 is 0 Å². The van der Waals surface area contributed by atoms with Gasteiger partial charge in [-0.3, -0.25) is 9.59 Å². The van der Waals surface area contributed by atoms with Gasteiger partial charge in [0.25, 0.3) is 0 Å². The van der Waals surface area contributed by atoms with E-state index >= 15 is 0 Å². The Hall–Kier alpha value is -1.88. The summed E-state index contributed by atoms with van der Waals surface area (Å²) in [5.74, 6) is -0.723. The molecule has 0 saturated carbocycles. The van der Waals surface area contributed by atoms with Crippen molar-refractivity contribution in [1.29, 1.82) is 0 Å². The first-order chi connectivity index (χ1) is 8.87. The van der Waals surface area contributed by atoms with Crippen molar-refractivity contribution >= 4 is 17.5 Å². The second-order valence-electron chi connectivity index (χ2n) is 5.60. The van der Waals surface area contributed by atoms with Crippen molar-refractivity contribution in [2.45, 2.75) is 31.7 Å². The molecule has 1 aliphatic rings. The van der Waals surface area contributed by atoms with Crippen LogP contribution in [0.3, 0.4) is 0 Å². The van der Waals surface area contributed by atoms with Crippen molar-refractivity contribution in [3.8, 4) is 0 Å². The molecule has 1 heterocycles. The van der Waals surface area contributed by atoms with Gasteiger partial charge in [-0.25, -0.2) is 0 Å². The van der Waals surface area contributed by atoms with Crippen molar-refractivity contribution in [1.82, 2.24) is 5.32 Å². The maximum atomic E-state index is 12.2. The molecule has 0 aromatic heterocycles. The molecule has 5 nitrogen and oxygen atoms in total. The largest absolute Gasteiger partial charge is 0.354 e. The molecule has 4 N–H and O–H groups in total. The molecule has 0 bridgehead atoms. The van der Waals surface area contributed by atoms with Gasteiger partial charge in [-0.15, -0.1) is 0 Å². The molecule has 1 aliphatic heterocycles. The molecule has 5 heteroatoms. The summed E-state index contributed by atoms with van der Waals surface area (Å²) in [5.41, 5.74) is 6.94. The highest BCUT2D eigenvalue weighted by atomic mass is 16.2. The Labute approximate surface area is 112 Å². The van der Waals surface area contributed by atoms with Crippen LogP contribution in [0.5, 0.6) is 0 Å². The highest BCUT2D eigenvalue weighted by Gasteiger charge is 2.30. The van der Waals surface area contributed by atoms with E-state index in [2.05, 4.69) is 10.6 Å². The quantitative estimate of drug-likeness (QED) is 0.758. The Morgan fingerprint density at radius 1 is 1.47 bits per heavy atom. The second kappa shape index (κ2) is 5.01. The predicted octanol–water partition coefficient (Wildman–Crippen LogP) is 0.966. The maximum absolute atomic E-state index is 12.2. The monoisotopic (exact) mass is 261 g/mol. The number of hydrogen-bond donors (Lipinski definition) is 3. The summed E-state index contributed by atoms with van der Waals surface area (Å²) in [6, 6.07) is 7.37. The molecule has 19 heavy (non-hydrogen) atoms. The number of rotatable bonds is 3. The molecule has 2 rings (SSSR count). The Morgan fingerprint density at radius 3 is 2.84 bits per heavy atom. The van der Waals surface area contributed by atoms with Crippen LogP contribution in [0.1, 0.15) is 31.7 Å². The van der Waals surface area contributed by atoms with E-state index in [4.69, 9.17) is 5.73 Å². The molecule has 0 aliphatic carbocycles. The first-order valence-electron chi connectivity index (χ1n) is 6.32. The Balaban J connectivity index is 2.16. The number of anilines is 1. The molecular weight excluding hydrogens is 242 g/mol. The van der Waals surface area contributed by atoms with Crippen molar-refractivity contribution < 1.29 is 9.59 Å². The summed E-state index contributed by atoms with van der Waals surface area (Å²) in [4.78, 5) is 23.8. The average Bonchev–Trinajstić information content (AvgIpc) is 2.34. The third-order valence-corrected chi connectivity index (χ3v) is 3.03. The summed E-state index contributed by atoms with van der Waals surface area (Å²) in [6.45, 7) is 4.07.